The van der Waals surface area contributed by atoms with E-state index in [4.69, 9.17) is 4.89 Å². The van der Waals surface area contributed by atoms with Gasteiger partial charge in [0.2, 0.25) is 0 Å². The summed E-state index contributed by atoms with van der Waals surface area (Å²) in [4.78, 5) is 20.2. The van der Waals surface area contributed by atoms with Crippen molar-refractivity contribution in [3.63, 3.8) is 0 Å². The van der Waals surface area contributed by atoms with E-state index in [0.29, 0.717) is 0 Å². The van der Waals surface area contributed by atoms with Crippen molar-refractivity contribution >= 4 is 13.8 Å². The first-order valence-corrected chi connectivity index (χ1v) is 6.06. The maximum absolute atomic E-state index is 11.4. The second kappa shape index (κ2) is 4.52. The number of aromatic nitrogens is 4. The molecule has 9 heteroatoms. The molecular formula is C6H11N4O4P. The molecule has 0 radical (unpaired) electrons. The minimum Gasteiger partial charge on any atom is -0.324 e. The highest BCUT2D eigenvalue weighted by molar-refractivity contribution is 7.51. The van der Waals surface area contributed by atoms with E-state index in [-0.39, 0.29) is 0 Å². The number of rotatable bonds is 4. The third-order valence-electron chi connectivity index (χ3n) is 1.37. The quantitative estimate of drug-likeness (QED) is 0.719. The van der Waals surface area contributed by atoms with Gasteiger partial charge >= 0.3 is 13.3 Å². The number of allylic oxidation sites excluding steroid dienone is 1. The van der Waals surface area contributed by atoms with Crippen molar-refractivity contribution in [1.82, 2.24) is 19.8 Å². The molecule has 0 aliphatic carbocycles. The highest BCUT2D eigenvalue weighted by Gasteiger charge is 2.12. The van der Waals surface area contributed by atoms with Gasteiger partial charge in [0.15, 0.2) is 6.73 Å². The molecule has 0 aliphatic heterocycles. The van der Waals surface area contributed by atoms with Crippen molar-refractivity contribution in [3.05, 3.63) is 16.6 Å². The van der Waals surface area contributed by atoms with Crippen LogP contribution in [0.5, 0.6) is 0 Å². The summed E-state index contributed by atoms with van der Waals surface area (Å²) in [5.41, 5.74) is -0.540. The summed E-state index contributed by atoms with van der Waals surface area (Å²) in [6.45, 7) is 2.34. The van der Waals surface area contributed by atoms with Crippen molar-refractivity contribution < 1.29 is 14.0 Å². The first kappa shape index (κ1) is 11.8. The van der Waals surface area contributed by atoms with Crippen LogP contribution in [0.3, 0.4) is 0 Å². The van der Waals surface area contributed by atoms with E-state index in [1.807, 2.05) is 0 Å². The molecule has 0 aromatic carbocycles. The summed E-state index contributed by atoms with van der Waals surface area (Å²) in [5.74, 6) is 0. The van der Waals surface area contributed by atoms with Crippen LogP contribution in [0.15, 0.2) is 10.9 Å². The summed E-state index contributed by atoms with van der Waals surface area (Å²) in [6, 6.07) is 0. The fourth-order valence-corrected chi connectivity index (χ4v) is 1.09. The molecular weight excluding hydrogens is 223 g/mol. The smallest absolute Gasteiger partial charge is 0.324 e. The standard InChI is InChI=1S/C6H11N4O4P/c1-3-4-9-6(11)10(8-7-9)5-14-15(2,12)13/h3-4H,5H2,1-2H3,(H,12,13)/b4-3+. The van der Waals surface area contributed by atoms with Gasteiger partial charge in [0, 0.05) is 12.9 Å². The highest BCUT2D eigenvalue weighted by atomic mass is 31.2. The second-order valence-electron chi connectivity index (χ2n) is 2.75. The molecule has 0 bridgehead atoms. The van der Waals surface area contributed by atoms with Crippen LogP contribution < -0.4 is 5.69 Å². The van der Waals surface area contributed by atoms with Crippen molar-refractivity contribution in [3.8, 4) is 0 Å². The van der Waals surface area contributed by atoms with Gasteiger partial charge in [-0.1, -0.05) is 6.08 Å². The van der Waals surface area contributed by atoms with Crippen LogP contribution in [-0.4, -0.2) is 31.3 Å². The van der Waals surface area contributed by atoms with Crippen LogP contribution in [0.4, 0.5) is 0 Å². The molecule has 0 saturated heterocycles. The topological polar surface area (TPSA) is 99.2 Å². The van der Waals surface area contributed by atoms with Crippen molar-refractivity contribution in [2.45, 2.75) is 13.7 Å². The predicted octanol–water partition coefficient (Wildman–Crippen LogP) is -0.280. The third kappa shape index (κ3) is 3.43. The molecule has 1 heterocycles. The Kier molecular flexibility index (Phi) is 3.57. The molecule has 84 valence electrons. The van der Waals surface area contributed by atoms with Crippen LogP contribution in [-0.2, 0) is 15.8 Å². The molecule has 0 spiro atoms. The molecule has 1 unspecified atom stereocenters. The molecule has 0 fully saturated rings. The van der Waals surface area contributed by atoms with Gasteiger partial charge in [0.1, 0.15) is 0 Å². The third-order valence-corrected chi connectivity index (χ3v) is 1.97. The van der Waals surface area contributed by atoms with E-state index in [0.717, 1.165) is 16.0 Å². The first-order valence-electron chi connectivity index (χ1n) is 4.04. The molecule has 1 aromatic heterocycles. The Hall–Kier alpha value is -1.24. The summed E-state index contributed by atoms with van der Waals surface area (Å²) < 4.78 is 17.1. The molecule has 1 N–H and O–H groups in total. The van der Waals surface area contributed by atoms with Crippen LogP contribution in [0.2, 0.25) is 0 Å². The Labute approximate surface area is 85.3 Å². The lowest BCUT2D eigenvalue weighted by Crippen LogP contribution is -2.23. The summed E-state index contributed by atoms with van der Waals surface area (Å²) >= 11 is 0. The van der Waals surface area contributed by atoms with Crippen molar-refractivity contribution in [2.24, 2.45) is 0 Å². The van der Waals surface area contributed by atoms with Gasteiger partial charge in [-0.25, -0.2) is 4.79 Å². The van der Waals surface area contributed by atoms with Gasteiger partial charge in [0.25, 0.3) is 0 Å². The van der Waals surface area contributed by atoms with Crippen molar-refractivity contribution in [1.29, 1.82) is 0 Å². The van der Waals surface area contributed by atoms with Crippen LogP contribution >= 0.6 is 7.60 Å². The Morgan fingerprint density at radius 2 is 2.27 bits per heavy atom. The SMILES string of the molecule is C/C=C/n1nnn(COP(C)(=O)O)c1=O. The lowest BCUT2D eigenvalue weighted by atomic mass is 10.7. The van der Waals surface area contributed by atoms with Crippen LogP contribution in [0.1, 0.15) is 6.92 Å². The number of nitrogens with zero attached hydrogens (tertiary/aromatic N) is 4. The van der Waals surface area contributed by atoms with Gasteiger partial charge < -0.3 is 4.89 Å². The summed E-state index contributed by atoms with van der Waals surface area (Å²) in [7, 11) is -3.61. The lowest BCUT2D eigenvalue weighted by Gasteiger charge is -2.04. The highest BCUT2D eigenvalue weighted by Crippen LogP contribution is 2.36. The molecule has 0 amide bonds. The molecule has 1 aromatic rings. The van der Waals surface area contributed by atoms with Gasteiger partial charge in [-0.05, 0) is 17.4 Å². The number of hydrogen-bond acceptors (Lipinski definition) is 5. The molecule has 1 rings (SSSR count). The van der Waals surface area contributed by atoms with Gasteiger partial charge in [0.05, 0.1) is 0 Å². The Morgan fingerprint density at radius 1 is 1.60 bits per heavy atom. The Bertz CT molecular complexity index is 456. The minimum atomic E-state index is -3.61. The lowest BCUT2D eigenvalue weighted by molar-refractivity contribution is 0.187. The van der Waals surface area contributed by atoms with E-state index in [1.54, 1.807) is 13.0 Å². The minimum absolute atomic E-state index is 0.402. The molecule has 1 atom stereocenters. The molecule has 0 saturated carbocycles. The monoisotopic (exact) mass is 234 g/mol. The maximum Gasteiger partial charge on any atom is 0.370 e. The van der Waals surface area contributed by atoms with E-state index < -0.39 is 20.0 Å². The zero-order chi connectivity index (χ0) is 11.5. The van der Waals surface area contributed by atoms with Gasteiger partial charge in [-0.15, -0.1) is 0 Å². The van der Waals surface area contributed by atoms with Crippen LogP contribution in [0, 0.1) is 0 Å². The number of hydrogen-bond donors (Lipinski definition) is 1. The predicted molar refractivity (Wildman–Crippen MR) is 52.1 cm³/mol. The van der Waals surface area contributed by atoms with E-state index in [2.05, 4.69) is 15.0 Å². The fourth-order valence-electron chi connectivity index (χ4n) is 0.764. The van der Waals surface area contributed by atoms with Crippen LogP contribution in [0.25, 0.3) is 6.20 Å². The Balaban J connectivity index is 2.80. The summed E-state index contributed by atoms with van der Waals surface area (Å²) in [5, 5.41) is 6.93. The van der Waals surface area contributed by atoms with Crippen molar-refractivity contribution in [2.75, 3.05) is 6.66 Å². The number of tetrazole rings is 1. The van der Waals surface area contributed by atoms with E-state index in [1.165, 1.54) is 6.20 Å². The average molecular weight is 234 g/mol. The van der Waals surface area contributed by atoms with E-state index in [9.17, 15) is 9.36 Å². The normalized spacial score (nSPS) is 15.7. The van der Waals surface area contributed by atoms with Gasteiger partial charge in [-0.2, -0.15) is 9.36 Å². The molecule has 15 heavy (non-hydrogen) atoms. The zero-order valence-corrected chi connectivity index (χ0v) is 9.16. The zero-order valence-electron chi connectivity index (χ0n) is 8.27. The first-order chi connectivity index (χ1) is 6.94. The summed E-state index contributed by atoms with van der Waals surface area (Å²) in [6.07, 6.45) is 3.02. The molecule has 8 nitrogen and oxygen atoms in total. The average Bonchev–Trinajstić information content (AvgIpc) is 2.45. The largest absolute Gasteiger partial charge is 0.370 e. The molecule has 0 aliphatic rings. The second-order valence-corrected chi connectivity index (χ2v) is 4.61. The Morgan fingerprint density at radius 3 is 2.80 bits per heavy atom. The van der Waals surface area contributed by atoms with Gasteiger partial charge in [-0.3, -0.25) is 9.09 Å². The van der Waals surface area contributed by atoms with E-state index >= 15 is 0 Å². The fraction of sp³-hybridized carbons (Fsp3) is 0.500. The maximum atomic E-state index is 11.4.